The van der Waals surface area contributed by atoms with Gasteiger partial charge in [-0.05, 0) is 18.4 Å². The summed E-state index contributed by atoms with van der Waals surface area (Å²) in [7, 11) is 1.56. The minimum atomic E-state index is -0.942. The zero-order valence-corrected chi connectivity index (χ0v) is 12.4. The van der Waals surface area contributed by atoms with Gasteiger partial charge in [-0.25, -0.2) is 0 Å². The van der Waals surface area contributed by atoms with Crippen molar-refractivity contribution in [3.63, 3.8) is 0 Å². The quantitative estimate of drug-likeness (QED) is 0.943. The van der Waals surface area contributed by atoms with Gasteiger partial charge in [0.1, 0.15) is 11.4 Å². The topological polar surface area (TPSA) is 60.5 Å². The lowest BCUT2D eigenvalue weighted by molar-refractivity contribution is -0.136. The summed E-state index contributed by atoms with van der Waals surface area (Å²) >= 11 is 0. The molecule has 2 aromatic rings. The molecule has 1 saturated heterocycles. The van der Waals surface area contributed by atoms with Gasteiger partial charge in [-0.3, -0.25) is 9.78 Å². The number of carbonyl (C=O) groups is 1. The molecule has 1 N–H and O–H groups in total. The van der Waals surface area contributed by atoms with E-state index in [2.05, 4.69) is 10.3 Å². The number of methoxy groups -OCH3 is 1. The predicted octanol–water partition coefficient (Wildman–Crippen LogP) is 2.73. The number of anilines is 1. The van der Waals surface area contributed by atoms with Crippen LogP contribution in [0.1, 0.15) is 18.4 Å². The summed E-state index contributed by atoms with van der Waals surface area (Å²) in [6.45, 7) is 0.576. The number of hydrogen-bond acceptors (Lipinski definition) is 4. The van der Waals surface area contributed by atoms with E-state index >= 15 is 0 Å². The molecule has 0 saturated carbocycles. The molecule has 3 rings (SSSR count). The molecule has 1 atom stereocenters. The Morgan fingerprint density at radius 3 is 2.82 bits per heavy atom. The molecule has 0 aliphatic carbocycles. The molecular weight excluding hydrogens is 280 g/mol. The Hall–Kier alpha value is -2.40. The number of aromatic nitrogens is 1. The van der Waals surface area contributed by atoms with Crippen molar-refractivity contribution in [2.45, 2.75) is 18.4 Å². The van der Waals surface area contributed by atoms with E-state index < -0.39 is 5.60 Å². The number of nitrogens with zero attached hydrogens (tertiary/aromatic N) is 1. The Morgan fingerprint density at radius 1 is 1.32 bits per heavy atom. The molecule has 0 bridgehead atoms. The molecule has 22 heavy (non-hydrogen) atoms. The monoisotopic (exact) mass is 298 g/mol. The van der Waals surface area contributed by atoms with Crippen molar-refractivity contribution in [3.8, 4) is 5.75 Å². The van der Waals surface area contributed by atoms with Crippen LogP contribution in [-0.4, -0.2) is 24.6 Å². The van der Waals surface area contributed by atoms with Crippen molar-refractivity contribution in [2.24, 2.45) is 0 Å². The molecule has 5 nitrogen and oxygen atoms in total. The number of nitrogens with one attached hydrogen (secondary N) is 1. The molecule has 1 aromatic carbocycles. The molecule has 1 aliphatic rings. The Balaban J connectivity index is 1.91. The Labute approximate surface area is 129 Å². The third-order valence-corrected chi connectivity index (χ3v) is 3.88. The number of benzene rings is 1. The second-order valence-electron chi connectivity index (χ2n) is 5.18. The van der Waals surface area contributed by atoms with Crippen LogP contribution in [0.5, 0.6) is 5.75 Å². The van der Waals surface area contributed by atoms with Gasteiger partial charge in [-0.1, -0.05) is 30.3 Å². The van der Waals surface area contributed by atoms with Crippen LogP contribution in [0.15, 0.2) is 48.8 Å². The summed E-state index contributed by atoms with van der Waals surface area (Å²) < 4.78 is 11.1. The fourth-order valence-corrected chi connectivity index (χ4v) is 2.76. The summed E-state index contributed by atoms with van der Waals surface area (Å²) in [6.07, 6.45) is 4.70. The van der Waals surface area contributed by atoms with E-state index in [1.54, 1.807) is 25.6 Å². The minimum Gasteiger partial charge on any atom is -0.494 e. The maximum absolute atomic E-state index is 12.9. The summed E-state index contributed by atoms with van der Waals surface area (Å²) in [6, 6.07) is 11.3. The lowest BCUT2D eigenvalue weighted by Gasteiger charge is -2.27. The molecule has 0 spiro atoms. The molecule has 1 aliphatic heterocycles. The zero-order valence-electron chi connectivity index (χ0n) is 12.4. The van der Waals surface area contributed by atoms with Crippen LogP contribution in [0.2, 0.25) is 0 Å². The smallest absolute Gasteiger partial charge is 0.261 e. The van der Waals surface area contributed by atoms with Gasteiger partial charge < -0.3 is 14.8 Å². The molecule has 1 amide bonds. The highest BCUT2D eigenvalue weighted by Crippen LogP contribution is 2.38. The molecule has 2 heterocycles. The van der Waals surface area contributed by atoms with E-state index in [-0.39, 0.29) is 5.91 Å². The zero-order chi connectivity index (χ0) is 15.4. The van der Waals surface area contributed by atoms with E-state index in [1.165, 1.54) is 0 Å². The Kier molecular flexibility index (Phi) is 4.06. The van der Waals surface area contributed by atoms with Gasteiger partial charge >= 0.3 is 0 Å². The van der Waals surface area contributed by atoms with Crippen molar-refractivity contribution in [1.82, 2.24) is 4.98 Å². The van der Waals surface area contributed by atoms with Gasteiger partial charge in [-0.15, -0.1) is 0 Å². The first-order valence-corrected chi connectivity index (χ1v) is 7.25. The molecule has 114 valence electrons. The van der Waals surface area contributed by atoms with Gasteiger partial charge in [0, 0.05) is 18.9 Å². The molecule has 5 heteroatoms. The third kappa shape index (κ3) is 2.55. The number of carbonyl (C=O) groups excluding carboxylic acids is 1. The van der Waals surface area contributed by atoms with Crippen LogP contribution in [0.25, 0.3) is 0 Å². The maximum Gasteiger partial charge on any atom is 0.261 e. The Bertz CT molecular complexity index is 652. The van der Waals surface area contributed by atoms with Gasteiger partial charge in [-0.2, -0.15) is 0 Å². The van der Waals surface area contributed by atoms with Crippen LogP contribution in [0, 0.1) is 0 Å². The SMILES string of the molecule is COc1ccncc1NC(=O)C1(c2ccccc2)CCCO1. The number of hydrogen-bond donors (Lipinski definition) is 1. The summed E-state index contributed by atoms with van der Waals surface area (Å²) in [5.41, 5.74) is 0.468. The van der Waals surface area contributed by atoms with Gasteiger partial charge in [0.25, 0.3) is 5.91 Å². The Morgan fingerprint density at radius 2 is 2.14 bits per heavy atom. The van der Waals surface area contributed by atoms with Crippen LogP contribution in [-0.2, 0) is 15.1 Å². The molecule has 1 aromatic heterocycles. The second-order valence-corrected chi connectivity index (χ2v) is 5.18. The summed E-state index contributed by atoms with van der Waals surface area (Å²) in [5, 5.41) is 2.89. The van der Waals surface area contributed by atoms with E-state index in [9.17, 15) is 4.79 Å². The predicted molar refractivity (Wildman–Crippen MR) is 82.7 cm³/mol. The van der Waals surface area contributed by atoms with Gasteiger partial charge in [0.15, 0.2) is 5.60 Å². The lowest BCUT2D eigenvalue weighted by atomic mass is 9.90. The van der Waals surface area contributed by atoms with E-state index in [1.807, 2.05) is 30.3 Å². The van der Waals surface area contributed by atoms with Crippen molar-refractivity contribution in [1.29, 1.82) is 0 Å². The van der Waals surface area contributed by atoms with Crippen LogP contribution >= 0.6 is 0 Å². The van der Waals surface area contributed by atoms with E-state index in [0.717, 1.165) is 12.0 Å². The fourth-order valence-electron chi connectivity index (χ4n) is 2.76. The van der Waals surface area contributed by atoms with Crippen molar-refractivity contribution in [3.05, 3.63) is 54.4 Å². The minimum absolute atomic E-state index is 0.192. The van der Waals surface area contributed by atoms with Crippen molar-refractivity contribution in [2.75, 3.05) is 19.0 Å². The first kappa shape index (κ1) is 14.5. The second kappa shape index (κ2) is 6.15. The molecule has 1 unspecified atom stereocenters. The standard InChI is InChI=1S/C17H18N2O3/c1-21-15-8-10-18-12-14(15)19-16(20)17(9-5-11-22-17)13-6-3-2-4-7-13/h2-4,6-8,10,12H,5,9,11H2,1H3,(H,19,20). The number of pyridine rings is 1. The lowest BCUT2D eigenvalue weighted by Crippen LogP contribution is -2.39. The number of amides is 1. The van der Waals surface area contributed by atoms with Crippen molar-refractivity contribution >= 4 is 11.6 Å². The van der Waals surface area contributed by atoms with Gasteiger partial charge in [0.05, 0.1) is 13.3 Å². The highest BCUT2D eigenvalue weighted by atomic mass is 16.5. The molecule has 1 fully saturated rings. The third-order valence-electron chi connectivity index (χ3n) is 3.88. The summed E-state index contributed by atoms with van der Waals surface area (Å²) in [4.78, 5) is 16.9. The average Bonchev–Trinajstić information content (AvgIpc) is 3.07. The molecule has 0 radical (unpaired) electrons. The first-order valence-electron chi connectivity index (χ1n) is 7.25. The van der Waals surface area contributed by atoms with E-state index in [4.69, 9.17) is 9.47 Å². The van der Waals surface area contributed by atoms with Crippen LogP contribution in [0.4, 0.5) is 5.69 Å². The number of ether oxygens (including phenoxy) is 2. The average molecular weight is 298 g/mol. The highest BCUT2D eigenvalue weighted by molar-refractivity contribution is 5.99. The maximum atomic E-state index is 12.9. The fraction of sp³-hybridized carbons (Fsp3) is 0.294. The normalized spacial score (nSPS) is 20.6. The highest BCUT2D eigenvalue weighted by Gasteiger charge is 2.44. The largest absolute Gasteiger partial charge is 0.494 e. The first-order chi connectivity index (χ1) is 10.8. The summed E-state index contributed by atoms with van der Waals surface area (Å²) in [5.74, 6) is 0.382. The van der Waals surface area contributed by atoms with Crippen LogP contribution in [0.3, 0.4) is 0 Å². The van der Waals surface area contributed by atoms with E-state index in [0.29, 0.717) is 24.5 Å². The van der Waals surface area contributed by atoms with Crippen LogP contribution < -0.4 is 10.1 Å². The molecular formula is C17H18N2O3. The number of rotatable bonds is 4. The van der Waals surface area contributed by atoms with Gasteiger partial charge in [0.2, 0.25) is 0 Å². The van der Waals surface area contributed by atoms with Crippen molar-refractivity contribution < 1.29 is 14.3 Å².